The molecule has 3 nitrogen and oxygen atoms in total. The standard InChI is InChI=1S/C16H19N3S/c1-2-11-7-8-19(10-11)16-13(15(17)20)9-12-5-3-4-6-14(12)18-16/h3-6,9,11H,2,7-8,10H2,1H3,(H2,17,20). The molecule has 104 valence electrons. The van der Waals surface area contributed by atoms with E-state index in [2.05, 4.69) is 17.9 Å². The fourth-order valence-electron chi connectivity index (χ4n) is 2.89. The van der Waals surface area contributed by atoms with Crippen LogP contribution in [0.5, 0.6) is 0 Å². The van der Waals surface area contributed by atoms with Crippen LogP contribution in [0, 0.1) is 5.92 Å². The van der Waals surface area contributed by atoms with Crippen molar-refractivity contribution < 1.29 is 0 Å². The average molecular weight is 285 g/mol. The van der Waals surface area contributed by atoms with Gasteiger partial charge in [0.15, 0.2) is 0 Å². The molecule has 0 aliphatic carbocycles. The fourth-order valence-corrected chi connectivity index (χ4v) is 3.04. The molecule has 1 aliphatic heterocycles. The smallest absolute Gasteiger partial charge is 0.139 e. The second-order valence-electron chi connectivity index (χ2n) is 5.43. The maximum absolute atomic E-state index is 5.91. The van der Waals surface area contributed by atoms with E-state index in [1.165, 1.54) is 12.8 Å². The molecule has 3 rings (SSSR count). The van der Waals surface area contributed by atoms with E-state index >= 15 is 0 Å². The summed E-state index contributed by atoms with van der Waals surface area (Å²) >= 11 is 5.22. The van der Waals surface area contributed by atoms with E-state index in [1.807, 2.05) is 24.3 Å². The number of fused-ring (bicyclic) bond motifs is 1. The number of thiocarbonyl (C=S) groups is 1. The second kappa shape index (κ2) is 5.37. The van der Waals surface area contributed by atoms with Crippen LogP contribution in [-0.4, -0.2) is 23.1 Å². The van der Waals surface area contributed by atoms with Crippen LogP contribution in [0.2, 0.25) is 0 Å². The van der Waals surface area contributed by atoms with Gasteiger partial charge in [-0.1, -0.05) is 43.8 Å². The molecule has 20 heavy (non-hydrogen) atoms. The Bertz CT molecular complexity index is 653. The van der Waals surface area contributed by atoms with Gasteiger partial charge in [-0.3, -0.25) is 0 Å². The lowest BCUT2D eigenvalue weighted by Gasteiger charge is -2.21. The molecule has 1 atom stereocenters. The number of hydrogen-bond acceptors (Lipinski definition) is 3. The number of para-hydroxylation sites is 1. The third-order valence-electron chi connectivity index (χ3n) is 4.13. The van der Waals surface area contributed by atoms with Gasteiger partial charge in [-0.05, 0) is 24.5 Å². The molecule has 0 radical (unpaired) electrons. The third-order valence-corrected chi connectivity index (χ3v) is 4.35. The summed E-state index contributed by atoms with van der Waals surface area (Å²) in [4.78, 5) is 7.56. The monoisotopic (exact) mass is 285 g/mol. The van der Waals surface area contributed by atoms with E-state index < -0.39 is 0 Å². The molecule has 2 aromatic rings. The maximum Gasteiger partial charge on any atom is 0.139 e. The van der Waals surface area contributed by atoms with Crippen LogP contribution in [0.1, 0.15) is 25.3 Å². The quantitative estimate of drug-likeness (QED) is 0.880. The van der Waals surface area contributed by atoms with E-state index in [0.717, 1.165) is 41.3 Å². The zero-order valence-electron chi connectivity index (χ0n) is 11.7. The lowest BCUT2D eigenvalue weighted by Crippen LogP contribution is -2.25. The van der Waals surface area contributed by atoms with Gasteiger partial charge in [-0.2, -0.15) is 0 Å². The fraction of sp³-hybridized carbons (Fsp3) is 0.375. The summed E-state index contributed by atoms with van der Waals surface area (Å²) in [5.41, 5.74) is 7.81. The highest BCUT2D eigenvalue weighted by atomic mass is 32.1. The van der Waals surface area contributed by atoms with Crippen molar-refractivity contribution in [2.45, 2.75) is 19.8 Å². The zero-order valence-corrected chi connectivity index (χ0v) is 12.5. The molecule has 0 saturated carbocycles. The molecule has 0 amide bonds. The first kappa shape index (κ1) is 13.3. The first-order chi connectivity index (χ1) is 9.69. The van der Waals surface area contributed by atoms with E-state index in [4.69, 9.17) is 22.9 Å². The maximum atomic E-state index is 5.91. The second-order valence-corrected chi connectivity index (χ2v) is 5.87. The number of aromatic nitrogens is 1. The molecule has 1 aliphatic rings. The highest BCUT2D eigenvalue weighted by Gasteiger charge is 2.24. The normalized spacial score (nSPS) is 18.6. The number of nitrogens with two attached hydrogens (primary N) is 1. The molecule has 4 heteroatoms. The molecular formula is C16H19N3S. The van der Waals surface area contributed by atoms with E-state index in [-0.39, 0.29) is 0 Å². The largest absolute Gasteiger partial charge is 0.389 e. The SMILES string of the molecule is CCC1CCN(c2nc3ccccc3cc2C(N)=S)C1. The Morgan fingerprint density at radius 1 is 1.45 bits per heavy atom. The molecule has 2 heterocycles. The van der Waals surface area contributed by atoms with Crippen molar-refractivity contribution in [3.05, 3.63) is 35.9 Å². The Morgan fingerprint density at radius 3 is 2.95 bits per heavy atom. The topological polar surface area (TPSA) is 42.2 Å². The van der Waals surface area contributed by atoms with Gasteiger partial charge in [-0.25, -0.2) is 4.98 Å². The third kappa shape index (κ3) is 2.36. The van der Waals surface area contributed by atoms with E-state index in [9.17, 15) is 0 Å². The van der Waals surface area contributed by atoms with Gasteiger partial charge in [-0.15, -0.1) is 0 Å². The lowest BCUT2D eigenvalue weighted by molar-refractivity contribution is 0.569. The molecule has 1 aromatic heterocycles. The number of hydrogen-bond donors (Lipinski definition) is 1. The van der Waals surface area contributed by atoms with Crippen LogP contribution in [-0.2, 0) is 0 Å². The highest BCUT2D eigenvalue weighted by Crippen LogP contribution is 2.29. The highest BCUT2D eigenvalue weighted by molar-refractivity contribution is 7.80. The molecule has 1 aromatic carbocycles. The minimum atomic E-state index is 0.429. The van der Waals surface area contributed by atoms with Gasteiger partial charge in [0.2, 0.25) is 0 Å². The Morgan fingerprint density at radius 2 is 2.25 bits per heavy atom. The van der Waals surface area contributed by atoms with Crippen LogP contribution < -0.4 is 10.6 Å². The molecule has 1 saturated heterocycles. The van der Waals surface area contributed by atoms with Gasteiger partial charge in [0, 0.05) is 18.5 Å². The molecule has 2 N–H and O–H groups in total. The minimum Gasteiger partial charge on any atom is -0.389 e. The summed E-state index contributed by atoms with van der Waals surface area (Å²) in [6, 6.07) is 10.2. The zero-order chi connectivity index (χ0) is 14.1. The molecule has 1 fully saturated rings. The summed E-state index contributed by atoms with van der Waals surface area (Å²) in [6.07, 6.45) is 2.44. The summed E-state index contributed by atoms with van der Waals surface area (Å²) in [6.45, 7) is 4.34. The van der Waals surface area contributed by atoms with Gasteiger partial charge in [0.1, 0.15) is 10.8 Å². The number of rotatable bonds is 3. The van der Waals surface area contributed by atoms with Crippen molar-refractivity contribution in [2.75, 3.05) is 18.0 Å². The summed E-state index contributed by atoms with van der Waals surface area (Å²) < 4.78 is 0. The first-order valence-electron chi connectivity index (χ1n) is 7.13. The molecule has 0 bridgehead atoms. The van der Waals surface area contributed by atoms with Crippen molar-refractivity contribution in [1.82, 2.24) is 4.98 Å². The van der Waals surface area contributed by atoms with Crippen LogP contribution >= 0.6 is 12.2 Å². The van der Waals surface area contributed by atoms with Gasteiger partial charge < -0.3 is 10.6 Å². The van der Waals surface area contributed by atoms with Gasteiger partial charge >= 0.3 is 0 Å². The number of nitrogens with zero attached hydrogens (tertiary/aromatic N) is 2. The van der Waals surface area contributed by atoms with Crippen molar-refractivity contribution in [2.24, 2.45) is 11.7 Å². The van der Waals surface area contributed by atoms with Crippen molar-refractivity contribution in [3.8, 4) is 0 Å². The van der Waals surface area contributed by atoms with Crippen molar-refractivity contribution in [3.63, 3.8) is 0 Å². The number of pyridine rings is 1. The van der Waals surface area contributed by atoms with Crippen molar-refractivity contribution >= 4 is 33.9 Å². The van der Waals surface area contributed by atoms with Crippen LogP contribution in [0.15, 0.2) is 30.3 Å². The van der Waals surface area contributed by atoms with Crippen LogP contribution in [0.4, 0.5) is 5.82 Å². The predicted molar refractivity (Wildman–Crippen MR) is 88.2 cm³/mol. The summed E-state index contributed by atoms with van der Waals surface area (Å²) in [7, 11) is 0. The van der Waals surface area contributed by atoms with Crippen molar-refractivity contribution in [1.29, 1.82) is 0 Å². The van der Waals surface area contributed by atoms with E-state index in [0.29, 0.717) is 4.99 Å². The van der Waals surface area contributed by atoms with Gasteiger partial charge in [0.05, 0.1) is 11.1 Å². The Labute approximate surface area is 124 Å². The Hall–Kier alpha value is -1.68. The molecule has 1 unspecified atom stereocenters. The first-order valence-corrected chi connectivity index (χ1v) is 7.54. The van der Waals surface area contributed by atoms with E-state index in [1.54, 1.807) is 0 Å². The summed E-state index contributed by atoms with van der Waals surface area (Å²) in [5, 5.41) is 1.09. The Balaban J connectivity index is 2.08. The molecule has 0 spiro atoms. The molecular weight excluding hydrogens is 266 g/mol. The predicted octanol–water partition coefficient (Wildman–Crippen LogP) is 3.11. The minimum absolute atomic E-state index is 0.429. The van der Waals surface area contributed by atoms with Gasteiger partial charge in [0.25, 0.3) is 0 Å². The number of anilines is 1. The lowest BCUT2D eigenvalue weighted by atomic mass is 10.1. The van der Waals surface area contributed by atoms with Crippen LogP contribution in [0.3, 0.4) is 0 Å². The van der Waals surface area contributed by atoms with Crippen LogP contribution in [0.25, 0.3) is 10.9 Å². The Kier molecular flexibility index (Phi) is 3.57. The average Bonchev–Trinajstić information content (AvgIpc) is 2.94. The number of benzene rings is 1. The summed E-state index contributed by atoms with van der Waals surface area (Å²) in [5.74, 6) is 1.70.